The highest BCUT2D eigenvalue weighted by Gasteiger charge is 2.23. The van der Waals surface area contributed by atoms with Crippen LogP contribution in [-0.4, -0.2) is 35.9 Å². The zero-order valence-corrected chi connectivity index (χ0v) is 16.9. The summed E-state index contributed by atoms with van der Waals surface area (Å²) in [7, 11) is -3.19. The Kier molecular flexibility index (Phi) is 4.91. The molecule has 4 rings (SSSR count). The van der Waals surface area contributed by atoms with Crippen molar-refractivity contribution in [2.75, 3.05) is 12.8 Å². The van der Waals surface area contributed by atoms with Gasteiger partial charge in [0.1, 0.15) is 0 Å². The number of H-pyrrole nitrogens is 1. The minimum Gasteiger partial charge on any atom is -0.293 e. The monoisotopic (exact) mass is 417 g/mol. The average Bonchev–Trinajstić information content (AvgIpc) is 2.98. The summed E-state index contributed by atoms with van der Waals surface area (Å²) in [6, 6.07) is 14.1. The van der Waals surface area contributed by atoms with Crippen molar-refractivity contribution < 1.29 is 8.42 Å². The second-order valence-corrected chi connectivity index (χ2v) is 9.51. The van der Waals surface area contributed by atoms with Crippen LogP contribution < -0.4 is 5.56 Å². The van der Waals surface area contributed by atoms with Gasteiger partial charge in [-0.1, -0.05) is 23.7 Å². The van der Waals surface area contributed by atoms with Gasteiger partial charge in [0, 0.05) is 36.5 Å². The maximum absolute atomic E-state index is 12.7. The van der Waals surface area contributed by atoms with Gasteiger partial charge < -0.3 is 0 Å². The van der Waals surface area contributed by atoms with Crippen LogP contribution in [-0.2, 0) is 29.3 Å². The fourth-order valence-corrected chi connectivity index (χ4v) is 4.24. The van der Waals surface area contributed by atoms with Crippen LogP contribution in [0.15, 0.2) is 58.2 Å². The molecule has 0 bridgehead atoms. The summed E-state index contributed by atoms with van der Waals surface area (Å²) in [6.45, 7) is 2.10. The van der Waals surface area contributed by atoms with Gasteiger partial charge in [-0.15, -0.1) is 0 Å². The van der Waals surface area contributed by atoms with E-state index in [0.29, 0.717) is 29.4 Å². The minimum absolute atomic E-state index is 0.0190. The number of hydrogen-bond acceptors (Lipinski definition) is 4. The van der Waals surface area contributed by atoms with Gasteiger partial charge >= 0.3 is 0 Å². The van der Waals surface area contributed by atoms with Crippen LogP contribution in [0.1, 0.15) is 16.8 Å². The molecule has 1 N–H and O–H groups in total. The number of hydrogen-bond donors (Lipinski definition) is 1. The Morgan fingerprint density at radius 2 is 1.75 bits per heavy atom. The first-order valence-corrected chi connectivity index (χ1v) is 11.2. The molecular weight excluding hydrogens is 398 g/mol. The van der Waals surface area contributed by atoms with E-state index in [1.165, 1.54) is 6.26 Å². The van der Waals surface area contributed by atoms with E-state index in [9.17, 15) is 13.2 Å². The molecule has 1 aliphatic rings. The molecule has 0 fully saturated rings. The Bertz CT molecular complexity index is 1160. The second kappa shape index (κ2) is 7.24. The number of aromatic nitrogens is 2. The van der Waals surface area contributed by atoms with Crippen LogP contribution in [0.4, 0.5) is 0 Å². The molecule has 0 aliphatic carbocycles. The smallest absolute Gasteiger partial charge is 0.274 e. The van der Waals surface area contributed by atoms with Crippen LogP contribution in [0.25, 0.3) is 5.69 Å². The van der Waals surface area contributed by atoms with Crippen molar-refractivity contribution in [2.45, 2.75) is 24.4 Å². The fourth-order valence-electron chi connectivity index (χ4n) is 3.49. The quantitative estimate of drug-likeness (QED) is 0.708. The molecule has 0 saturated heterocycles. The Labute approximate surface area is 168 Å². The summed E-state index contributed by atoms with van der Waals surface area (Å²) in [4.78, 5) is 15.3. The largest absolute Gasteiger partial charge is 0.293 e. The van der Waals surface area contributed by atoms with E-state index in [1.54, 1.807) is 28.9 Å². The molecule has 0 amide bonds. The van der Waals surface area contributed by atoms with Crippen molar-refractivity contribution in [3.8, 4) is 5.69 Å². The highest BCUT2D eigenvalue weighted by Crippen LogP contribution is 2.20. The third kappa shape index (κ3) is 3.78. The van der Waals surface area contributed by atoms with Crippen molar-refractivity contribution in [1.29, 1.82) is 0 Å². The molecule has 0 spiro atoms. The number of nitrogens with one attached hydrogen (secondary N) is 1. The number of fused-ring (bicyclic) bond motifs is 1. The summed E-state index contributed by atoms with van der Waals surface area (Å²) in [5.41, 5.74) is 3.51. The molecule has 1 aliphatic heterocycles. The molecule has 1 aromatic heterocycles. The molecule has 0 unspecified atom stereocenters. The summed E-state index contributed by atoms with van der Waals surface area (Å²) in [5, 5.41) is 3.85. The number of benzene rings is 2. The fraction of sp³-hybridized carbons (Fsp3) is 0.250. The SMILES string of the molecule is CS(=O)(=O)c1ccc(CN2CCc3c([nH]n(-c4ccc(Cl)cc4)c3=O)C2)cc1. The summed E-state index contributed by atoms with van der Waals surface area (Å²) in [6.07, 6.45) is 1.88. The molecular formula is C20H20ClN3O3S. The molecule has 28 heavy (non-hydrogen) atoms. The lowest BCUT2D eigenvalue weighted by atomic mass is 10.1. The first-order chi connectivity index (χ1) is 13.3. The van der Waals surface area contributed by atoms with Crippen LogP contribution in [0.3, 0.4) is 0 Å². The lowest BCUT2D eigenvalue weighted by Crippen LogP contribution is -2.31. The van der Waals surface area contributed by atoms with Gasteiger partial charge in [-0.05, 0) is 48.4 Å². The predicted octanol–water partition coefficient (Wildman–Crippen LogP) is 2.78. The Hall–Kier alpha value is -2.35. The zero-order valence-electron chi connectivity index (χ0n) is 15.4. The normalized spacial score (nSPS) is 14.8. The van der Waals surface area contributed by atoms with E-state index in [4.69, 9.17) is 11.6 Å². The Morgan fingerprint density at radius 3 is 2.39 bits per heavy atom. The molecule has 146 valence electrons. The molecule has 0 atom stereocenters. The van der Waals surface area contributed by atoms with E-state index in [-0.39, 0.29) is 5.56 Å². The van der Waals surface area contributed by atoms with Crippen molar-refractivity contribution in [2.24, 2.45) is 0 Å². The van der Waals surface area contributed by atoms with E-state index in [2.05, 4.69) is 10.00 Å². The van der Waals surface area contributed by atoms with Crippen molar-refractivity contribution in [3.63, 3.8) is 0 Å². The predicted molar refractivity (Wildman–Crippen MR) is 109 cm³/mol. The molecule has 0 saturated carbocycles. The lowest BCUT2D eigenvalue weighted by molar-refractivity contribution is 0.242. The van der Waals surface area contributed by atoms with Gasteiger partial charge in [-0.25, -0.2) is 13.1 Å². The molecule has 2 heterocycles. The first kappa shape index (κ1) is 19.0. The zero-order chi connectivity index (χ0) is 19.9. The number of nitrogens with zero attached hydrogens (tertiary/aromatic N) is 2. The topological polar surface area (TPSA) is 75.2 Å². The van der Waals surface area contributed by atoms with Gasteiger partial charge in [0.15, 0.2) is 9.84 Å². The first-order valence-electron chi connectivity index (χ1n) is 8.91. The van der Waals surface area contributed by atoms with E-state index < -0.39 is 9.84 Å². The second-order valence-electron chi connectivity index (χ2n) is 7.06. The Balaban J connectivity index is 1.53. The molecule has 3 aromatic rings. The molecule has 8 heteroatoms. The Morgan fingerprint density at radius 1 is 1.07 bits per heavy atom. The van der Waals surface area contributed by atoms with Crippen LogP contribution in [0.5, 0.6) is 0 Å². The number of sulfone groups is 1. The average molecular weight is 418 g/mol. The number of rotatable bonds is 4. The van der Waals surface area contributed by atoms with E-state index in [0.717, 1.165) is 29.1 Å². The van der Waals surface area contributed by atoms with Crippen molar-refractivity contribution in [3.05, 3.63) is 80.7 Å². The van der Waals surface area contributed by atoms with Gasteiger partial charge in [0.25, 0.3) is 5.56 Å². The number of halogens is 1. The highest BCUT2D eigenvalue weighted by molar-refractivity contribution is 7.90. The van der Waals surface area contributed by atoms with Gasteiger partial charge in [0.2, 0.25) is 0 Å². The third-order valence-corrected chi connectivity index (χ3v) is 6.35. The number of aromatic amines is 1. The third-order valence-electron chi connectivity index (χ3n) is 4.97. The van der Waals surface area contributed by atoms with Crippen LogP contribution >= 0.6 is 11.6 Å². The maximum atomic E-state index is 12.7. The highest BCUT2D eigenvalue weighted by atomic mass is 35.5. The van der Waals surface area contributed by atoms with Crippen molar-refractivity contribution in [1.82, 2.24) is 14.7 Å². The van der Waals surface area contributed by atoms with Crippen LogP contribution in [0.2, 0.25) is 5.02 Å². The van der Waals surface area contributed by atoms with Gasteiger partial charge in [-0.2, -0.15) is 0 Å². The van der Waals surface area contributed by atoms with Gasteiger partial charge in [0.05, 0.1) is 16.3 Å². The molecule has 2 aromatic carbocycles. The minimum atomic E-state index is -3.19. The molecule has 6 nitrogen and oxygen atoms in total. The van der Waals surface area contributed by atoms with Gasteiger partial charge in [-0.3, -0.25) is 14.8 Å². The lowest BCUT2D eigenvalue weighted by Gasteiger charge is -2.26. The van der Waals surface area contributed by atoms with Crippen LogP contribution in [0, 0.1) is 0 Å². The summed E-state index contributed by atoms with van der Waals surface area (Å²) in [5.74, 6) is 0. The maximum Gasteiger partial charge on any atom is 0.274 e. The molecule has 0 radical (unpaired) electrons. The summed E-state index contributed by atoms with van der Waals surface area (Å²) >= 11 is 5.93. The van der Waals surface area contributed by atoms with Crippen molar-refractivity contribution >= 4 is 21.4 Å². The standard InChI is InChI=1S/C20H20ClN3O3S/c1-28(26,27)17-8-2-14(3-9-17)12-23-11-10-18-19(13-23)22-24(20(18)25)16-6-4-15(21)5-7-16/h2-9,22H,10-13H2,1H3. The van der Waals surface area contributed by atoms with E-state index in [1.807, 2.05) is 24.3 Å². The summed E-state index contributed by atoms with van der Waals surface area (Å²) < 4.78 is 24.7. The van der Waals surface area contributed by atoms with E-state index >= 15 is 0 Å².